The molecule has 1 aliphatic rings. The zero-order valence-corrected chi connectivity index (χ0v) is 12.4. The first-order chi connectivity index (χ1) is 10.2. The molecule has 0 radical (unpaired) electrons. The highest BCUT2D eigenvalue weighted by Crippen LogP contribution is 2.05. The first-order valence-corrected chi connectivity index (χ1v) is 7.38. The number of benzene rings is 1. The van der Waals surface area contributed by atoms with Gasteiger partial charge in [0.1, 0.15) is 0 Å². The maximum Gasteiger partial charge on any atom is 0.312 e. The normalized spacial score (nSPS) is 16.3. The summed E-state index contributed by atoms with van der Waals surface area (Å²) in [6.45, 7) is 3.91. The van der Waals surface area contributed by atoms with E-state index in [2.05, 4.69) is 17.4 Å². The number of amides is 2. The molecule has 0 bridgehead atoms. The van der Waals surface area contributed by atoms with Crippen molar-refractivity contribution >= 4 is 11.8 Å². The molecule has 2 rings (SSSR count). The Morgan fingerprint density at radius 1 is 1.24 bits per heavy atom. The number of nitrogens with zero attached hydrogens (tertiary/aromatic N) is 1. The Bertz CT molecular complexity index is 470. The van der Waals surface area contributed by atoms with Crippen LogP contribution in [-0.2, 0) is 20.7 Å². The lowest BCUT2D eigenvalue weighted by Crippen LogP contribution is -2.49. The van der Waals surface area contributed by atoms with Crippen molar-refractivity contribution in [3.05, 3.63) is 35.9 Å². The van der Waals surface area contributed by atoms with Crippen molar-refractivity contribution in [3.8, 4) is 0 Å². The largest absolute Gasteiger partial charge is 0.378 e. The quantitative estimate of drug-likeness (QED) is 0.841. The number of carbonyl (C=O) groups excluding carboxylic acids is 2. The summed E-state index contributed by atoms with van der Waals surface area (Å²) in [6, 6.07) is 10.1. The van der Waals surface area contributed by atoms with E-state index in [9.17, 15) is 9.59 Å². The first kappa shape index (κ1) is 15.5. The number of hydrogen-bond donors (Lipinski definition) is 1. The van der Waals surface area contributed by atoms with Crippen LogP contribution in [0.1, 0.15) is 18.9 Å². The molecule has 5 nitrogen and oxygen atoms in total. The minimum atomic E-state index is -0.516. The van der Waals surface area contributed by atoms with Crippen LogP contribution in [0.25, 0.3) is 0 Å². The molecule has 1 saturated heterocycles. The number of rotatable bonds is 4. The maximum atomic E-state index is 12.0. The van der Waals surface area contributed by atoms with Gasteiger partial charge in [-0.1, -0.05) is 30.3 Å². The van der Waals surface area contributed by atoms with Crippen LogP contribution < -0.4 is 5.32 Å². The number of morpholine rings is 1. The van der Waals surface area contributed by atoms with E-state index in [1.807, 2.05) is 25.1 Å². The molecular formula is C16H22N2O3. The Labute approximate surface area is 125 Å². The van der Waals surface area contributed by atoms with Crippen LogP contribution in [-0.4, -0.2) is 49.1 Å². The fourth-order valence-corrected chi connectivity index (χ4v) is 2.30. The molecule has 1 atom stereocenters. The summed E-state index contributed by atoms with van der Waals surface area (Å²) in [6.07, 6.45) is 1.69. The molecule has 114 valence electrons. The Kier molecular flexibility index (Phi) is 5.75. The highest BCUT2D eigenvalue weighted by molar-refractivity contribution is 6.35. The molecule has 0 unspecified atom stereocenters. The van der Waals surface area contributed by atoms with Gasteiger partial charge in [-0.3, -0.25) is 9.59 Å². The van der Waals surface area contributed by atoms with Crippen molar-refractivity contribution in [2.24, 2.45) is 0 Å². The van der Waals surface area contributed by atoms with E-state index in [1.54, 1.807) is 4.90 Å². The second kappa shape index (κ2) is 7.78. The SMILES string of the molecule is C[C@@H](CCc1ccccc1)NC(=O)C(=O)N1CCOCC1. The number of carbonyl (C=O) groups is 2. The van der Waals surface area contributed by atoms with Crippen LogP contribution in [0.15, 0.2) is 30.3 Å². The lowest BCUT2D eigenvalue weighted by Gasteiger charge is -2.26. The maximum absolute atomic E-state index is 12.0. The van der Waals surface area contributed by atoms with E-state index in [-0.39, 0.29) is 6.04 Å². The van der Waals surface area contributed by atoms with E-state index < -0.39 is 11.8 Å². The molecule has 1 aromatic rings. The van der Waals surface area contributed by atoms with Crippen LogP contribution in [0.3, 0.4) is 0 Å². The Morgan fingerprint density at radius 3 is 2.57 bits per heavy atom. The van der Waals surface area contributed by atoms with Gasteiger partial charge in [0.05, 0.1) is 13.2 Å². The molecule has 0 aliphatic carbocycles. The second-order valence-corrected chi connectivity index (χ2v) is 5.30. The molecule has 0 aromatic heterocycles. The molecule has 0 saturated carbocycles. The third-order valence-corrected chi connectivity index (χ3v) is 3.58. The van der Waals surface area contributed by atoms with Gasteiger partial charge in [-0.2, -0.15) is 0 Å². The summed E-state index contributed by atoms with van der Waals surface area (Å²) in [7, 11) is 0. The van der Waals surface area contributed by atoms with Crippen molar-refractivity contribution < 1.29 is 14.3 Å². The van der Waals surface area contributed by atoms with E-state index >= 15 is 0 Å². The third-order valence-electron chi connectivity index (χ3n) is 3.58. The van der Waals surface area contributed by atoms with Gasteiger partial charge < -0.3 is 15.0 Å². The van der Waals surface area contributed by atoms with E-state index in [1.165, 1.54) is 5.56 Å². The molecule has 21 heavy (non-hydrogen) atoms. The van der Waals surface area contributed by atoms with Crippen molar-refractivity contribution in [1.29, 1.82) is 0 Å². The fraction of sp³-hybridized carbons (Fsp3) is 0.500. The minimum absolute atomic E-state index is 0.0253. The van der Waals surface area contributed by atoms with Gasteiger partial charge >= 0.3 is 11.8 Å². The summed E-state index contributed by atoms with van der Waals surface area (Å²) in [4.78, 5) is 25.4. The zero-order valence-electron chi connectivity index (χ0n) is 12.4. The Hall–Kier alpha value is -1.88. The van der Waals surface area contributed by atoms with E-state index in [0.717, 1.165) is 12.8 Å². The summed E-state index contributed by atoms with van der Waals surface area (Å²) in [5.41, 5.74) is 1.23. The van der Waals surface area contributed by atoms with E-state index in [4.69, 9.17) is 4.74 Å². The van der Waals surface area contributed by atoms with Crippen LogP contribution in [0.4, 0.5) is 0 Å². The summed E-state index contributed by atoms with van der Waals surface area (Å²) >= 11 is 0. The van der Waals surface area contributed by atoms with Crippen molar-refractivity contribution in [3.63, 3.8) is 0 Å². The molecule has 0 spiro atoms. The van der Waals surface area contributed by atoms with Gasteiger partial charge in [0.25, 0.3) is 0 Å². The highest BCUT2D eigenvalue weighted by Gasteiger charge is 2.24. The predicted octanol–water partition coefficient (Wildman–Crippen LogP) is 0.983. The number of ether oxygens (including phenoxy) is 1. The van der Waals surface area contributed by atoms with Gasteiger partial charge in [0, 0.05) is 19.1 Å². The lowest BCUT2D eigenvalue weighted by molar-refractivity contribution is -0.148. The molecule has 1 N–H and O–H groups in total. The summed E-state index contributed by atoms with van der Waals surface area (Å²) in [5.74, 6) is -0.970. The second-order valence-electron chi connectivity index (χ2n) is 5.30. The molecule has 1 aliphatic heterocycles. The molecule has 1 aromatic carbocycles. The molecule has 2 amide bonds. The average Bonchev–Trinajstić information content (AvgIpc) is 2.54. The lowest BCUT2D eigenvalue weighted by atomic mass is 10.1. The number of hydrogen-bond acceptors (Lipinski definition) is 3. The smallest absolute Gasteiger partial charge is 0.312 e. The monoisotopic (exact) mass is 290 g/mol. The average molecular weight is 290 g/mol. The van der Waals surface area contributed by atoms with Crippen molar-refractivity contribution in [2.45, 2.75) is 25.8 Å². The Morgan fingerprint density at radius 2 is 1.90 bits per heavy atom. The van der Waals surface area contributed by atoms with Gasteiger partial charge in [-0.05, 0) is 25.3 Å². The van der Waals surface area contributed by atoms with Crippen LogP contribution >= 0.6 is 0 Å². The van der Waals surface area contributed by atoms with Gasteiger partial charge in [-0.15, -0.1) is 0 Å². The van der Waals surface area contributed by atoms with Crippen LogP contribution in [0.5, 0.6) is 0 Å². The molecule has 5 heteroatoms. The van der Waals surface area contributed by atoms with Crippen LogP contribution in [0.2, 0.25) is 0 Å². The topological polar surface area (TPSA) is 58.6 Å². The summed E-state index contributed by atoms with van der Waals surface area (Å²) < 4.78 is 5.17. The van der Waals surface area contributed by atoms with Crippen LogP contribution in [0, 0.1) is 0 Å². The van der Waals surface area contributed by atoms with Gasteiger partial charge in [-0.25, -0.2) is 0 Å². The van der Waals surface area contributed by atoms with Crippen molar-refractivity contribution in [2.75, 3.05) is 26.3 Å². The Balaban J connectivity index is 1.74. The molecular weight excluding hydrogens is 268 g/mol. The highest BCUT2D eigenvalue weighted by atomic mass is 16.5. The summed E-state index contributed by atoms with van der Waals surface area (Å²) in [5, 5.41) is 2.78. The predicted molar refractivity (Wildman–Crippen MR) is 79.8 cm³/mol. The first-order valence-electron chi connectivity index (χ1n) is 7.38. The number of nitrogens with one attached hydrogen (secondary N) is 1. The van der Waals surface area contributed by atoms with Crippen molar-refractivity contribution in [1.82, 2.24) is 10.2 Å². The standard InChI is InChI=1S/C16H22N2O3/c1-13(7-8-14-5-3-2-4-6-14)17-15(19)16(20)18-9-11-21-12-10-18/h2-6,13H,7-12H2,1H3,(H,17,19)/t13-/m0/s1. The van der Waals surface area contributed by atoms with Gasteiger partial charge in [0.2, 0.25) is 0 Å². The third kappa shape index (κ3) is 4.86. The molecule has 1 heterocycles. The van der Waals surface area contributed by atoms with Gasteiger partial charge in [0.15, 0.2) is 0 Å². The van der Waals surface area contributed by atoms with E-state index in [0.29, 0.717) is 26.3 Å². The zero-order chi connectivity index (χ0) is 15.1. The molecule has 1 fully saturated rings. The minimum Gasteiger partial charge on any atom is -0.378 e. The fourth-order valence-electron chi connectivity index (χ4n) is 2.30. The number of aryl methyl sites for hydroxylation is 1.